The topological polar surface area (TPSA) is 89.0 Å². The molecule has 1 amide bonds. The standard InChI is InChI=1S/C20H24N2O5/c1-13-16(9-14-5-6-15(27-3)10-17(14)21-13)18(23)22-8-4-7-20(11-22,12-26-2)19(24)25/h5-6,9-10H,4,7-8,11-12H2,1-3H3,(H,24,25). The van der Waals surface area contributed by atoms with E-state index in [2.05, 4.69) is 4.98 Å². The number of carboxylic acid groups (broad SMARTS) is 1. The van der Waals surface area contributed by atoms with E-state index in [4.69, 9.17) is 9.47 Å². The second kappa shape index (κ2) is 7.52. The highest BCUT2D eigenvalue weighted by atomic mass is 16.5. The molecule has 1 fully saturated rings. The first kappa shape index (κ1) is 19.1. The number of methoxy groups -OCH3 is 2. The van der Waals surface area contributed by atoms with Crippen molar-refractivity contribution in [2.45, 2.75) is 19.8 Å². The van der Waals surface area contributed by atoms with Crippen molar-refractivity contribution in [3.8, 4) is 5.75 Å². The van der Waals surface area contributed by atoms with Crippen molar-refractivity contribution in [1.82, 2.24) is 9.88 Å². The van der Waals surface area contributed by atoms with Gasteiger partial charge in [-0.1, -0.05) is 0 Å². The highest BCUT2D eigenvalue weighted by molar-refractivity contribution is 5.99. The normalized spacial score (nSPS) is 19.9. The first-order valence-corrected chi connectivity index (χ1v) is 8.87. The number of ether oxygens (including phenoxy) is 2. The summed E-state index contributed by atoms with van der Waals surface area (Å²) in [5.41, 5.74) is 0.792. The summed E-state index contributed by atoms with van der Waals surface area (Å²) < 4.78 is 10.4. The highest BCUT2D eigenvalue weighted by Crippen LogP contribution is 2.32. The van der Waals surface area contributed by atoms with Crippen LogP contribution in [0.5, 0.6) is 5.75 Å². The predicted octanol–water partition coefficient (Wildman–Crippen LogP) is 2.51. The molecule has 1 atom stereocenters. The molecule has 2 heterocycles. The summed E-state index contributed by atoms with van der Waals surface area (Å²) in [6.45, 7) is 2.53. The maximum absolute atomic E-state index is 13.1. The molecule has 0 radical (unpaired) electrons. The van der Waals surface area contributed by atoms with E-state index in [1.54, 1.807) is 18.9 Å². The number of likely N-dealkylation sites (tertiary alicyclic amines) is 1. The molecule has 1 aliphatic rings. The van der Waals surface area contributed by atoms with Crippen LogP contribution in [0.4, 0.5) is 0 Å². The smallest absolute Gasteiger partial charge is 0.313 e. The fraction of sp³-hybridized carbons (Fsp3) is 0.450. The number of fused-ring (bicyclic) bond motifs is 1. The van der Waals surface area contributed by atoms with Gasteiger partial charge in [0.1, 0.15) is 11.2 Å². The molecule has 1 N–H and O–H groups in total. The van der Waals surface area contributed by atoms with E-state index in [1.165, 1.54) is 7.11 Å². The SMILES string of the molecule is COCC1(C(=O)O)CCCN(C(=O)c2cc3ccc(OC)cc3nc2C)C1. The lowest BCUT2D eigenvalue weighted by atomic mass is 9.80. The van der Waals surface area contributed by atoms with Gasteiger partial charge in [-0.25, -0.2) is 0 Å². The van der Waals surface area contributed by atoms with Gasteiger partial charge < -0.3 is 19.5 Å². The lowest BCUT2D eigenvalue weighted by molar-refractivity contribution is -0.155. The van der Waals surface area contributed by atoms with Gasteiger partial charge in [0, 0.05) is 31.7 Å². The number of hydrogen-bond donors (Lipinski definition) is 1. The van der Waals surface area contributed by atoms with Crippen molar-refractivity contribution in [1.29, 1.82) is 0 Å². The number of carbonyl (C=O) groups excluding carboxylic acids is 1. The predicted molar refractivity (Wildman–Crippen MR) is 100 cm³/mol. The molecular formula is C20H24N2O5. The van der Waals surface area contributed by atoms with Crippen LogP contribution in [0.25, 0.3) is 10.9 Å². The van der Waals surface area contributed by atoms with Gasteiger partial charge in [-0.3, -0.25) is 14.6 Å². The molecule has 1 aromatic heterocycles. The summed E-state index contributed by atoms with van der Waals surface area (Å²) in [7, 11) is 3.08. The first-order valence-electron chi connectivity index (χ1n) is 8.87. The van der Waals surface area contributed by atoms with Crippen LogP contribution < -0.4 is 4.74 Å². The highest BCUT2D eigenvalue weighted by Gasteiger charge is 2.44. The maximum atomic E-state index is 13.1. The average Bonchev–Trinajstić information content (AvgIpc) is 2.66. The van der Waals surface area contributed by atoms with Crippen molar-refractivity contribution < 1.29 is 24.2 Å². The van der Waals surface area contributed by atoms with E-state index >= 15 is 0 Å². The Morgan fingerprint density at radius 3 is 2.74 bits per heavy atom. The molecule has 7 nitrogen and oxygen atoms in total. The van der Waals surface area contributed by atoms with E-state index in [0.29, 0.717) is 36.4 Å². The number of pyridine rings is 1. The Kier molecular flexibility index (Phi) is 5.32. The molecule has 1 saturated heterocycles. The van der Waals surface area contributed by atoms with Gasteiger partial charge in [-0.05, 0) is 38.0 Å². The van der Waals surface area contributed by atoms with Gasteiger partial charge in [0.2, 0.25) is 0 Å². The summed E-state index contributed by atoms with van der Waals surface area (Å²) in [6.07, 6.45) is 1.12. The fourth-order valence-corrected chi connectivity index (χ4v) is 3.69. The van der Waals surface area contributed by atoms with Crippen molar-refractivity contribution in [3.05, 3.63) is 35.5 Å². The van der Waals surface area contributed by atoms with Crippen LogP contribution in [-0.4, -0.2) is 60.8 Å². The number of aromatic nitrogens is 1. The van der Waals surface area contributed by atoms with Gasteiger partial charge in [0.25, 0.3) is 5.91 Å². The molecule has 0 aliphatic carbocycles. The molecule has 1 unspecified atom stereocenters. The van der Waals surface area contributed by atoms with Crippen LogP contribution in [0, 0.1) is 12.3 Å². The number of benzene rings is 1. The van der Waals surface area contributed by atoms with Crippen molar-refractivity contribution in [3.63, 3.8) is 0 Å². The second-order valence-electron chi connectivity index (χ2n) is 7.03. The van der Waals surface area contributed by atoms with Crippen molar-refractivity contribution >= 4 is 22.8 Å². The lowest BCUT2D eigenvalue weighted by Gasteiger charge is -2.39. The number of amides is 1. The minimum Gasteiger partial charge on any atom is -0.497 e. The quantitative estimate of drug-likeness (QED) is 0.867. The summed E-state index contributed by atoms with van der Waals surface area (Å²) in [5.74, 6) is -0.420. The van der Waals surface area contributed by atoms with Gasteiger partial charge in [-0.15, -0.1) is 0 Å². The lowest BCUT2D eigenvalue weighted by Crippen LogP contribution is -2.52. The van der Waals surface area contributed by atoms with Crippen LogP contribution in [0.1, 0.15) is 28.9 Å². The van der Waals surface area contributed by atoms with Gasteiger partial charge in [0.05, 0.1) is 30.5 Å². The van der Waals surface area contributed by atoms with E-state index in [-0.39, 0.29) is 19.1 Å². The molecule has 0 spiro atoms. The number of rotatable bonds is 5. The number of carbonyl (C=O) groups is 2. The molecule has 3 rings (SSSR count). The van der Waals surface area contributed by atoms with Gasteiger partial charge in [-0.2, -0.15) is 0 Å². The fourth-order valence-electron chi connectivity index (χ4n) is 3.69. The maximum Gasteiger partial charge on any atom is 0.313 e. The molecular weight excluding hydrogens is 348 g/mol. The molecule has 144 valence electrons. The Hall–Kier alpha value is -2.67. The Morgan fingerprint density at radius 1 is 1.30 bits per heavy atom. The number of aryl methyl sites for hydroxylation is 1. The number of piperidine rings is 1. The van der Waals surface area contributed by atoms with Gasteiger partial charge in [0.15, 0.2) is 0 Å². The van der Waals surface area contributed by atoms with Gasteiger partial charge >= 0.3 is 5.97 Å². The molecule has 0 bridgehead atoms. The number of aliphatic carboxylic acids is 1. The monoisotopic (exact) mass is 372 g/mol. The Bertz CT molecular complexity index is 878. The number of hydrogen-bond acceptors (Lipinski definition) is 5. The zero-order valence-corrected chi connectivity index (χ0v) is 15.8. The molecule has 7 heteroatoms. The Labute approximate surface area is 157 Å². The molecule has 0 saturated carbocycles. The van der Waals surface area contributed by atoms with E-state index in [9.17, 15) is 14.7 Å². The van der Waals surface area contributed by atoms with Crippen LogP contribution in [0.2, 0.25) is 0 Å². The molecule has 2 aromatic rings. The number of carboxylic acids is 1. The van der Waals surface area contributed by atoms with Crippen LogP contribution in [0.3, 0.4) is 0 Å². The first-order chi connectivity index (χ1) is 12.9. The largest absolute Gasteiger partial charge is 0.497 e. The summed E-state index contributed by atoms with van der Waals surface area (Å²) in [6, 6.07) is 7.32. The average molecular weight is 372 g/mol. The minimum absolute atomic E-state index is 0.0842. The Morgan fingerprint density at radius 2 is 2.07 bits per heavy atom. The third kappa shape index (κ3) is 3.60. The van der Waals surface area contributed by atoms with Crippen LogP contribution in [-0.2, 0) is 9.53 Å². The molecule has 1 aliphatic heterocycles. The zero-order valence-electron chi connectivity index (χ0n) is 15.8. The summed E-state index contributed by atoms with van der Waals surface area (Å²) in [4.78, 5) is 31.1. The van der Waals surface area contributed by atoms with E-state index < -0.39 is 11.4 Å². The van der Waals surface area contributed by atoms with Crippen LogP contribution >= 0.6 is 0 Å². The second-order valence-corrected chi connectivity index (χ2v) is 7.03. The third-order valence-corrected chi connectivity index (χ3v) is 5.18. The zero-order chi connectivity index (χ0) is 19.6. The van der Waals surface area contributed by atoms with E-state index in [1.807, 2.05) is 24.3 Å². The number of nitrogens with zero attached hydrogens (tertiary/aromatic N) is 2. The molecule has 27 heavy (non-hydrogen) atoms. The van der Waals surface area contributed by atoms with Crippen molar-refractivity contribution in [2.75, 3.05) is 33.9 Å². The van der Waals surface area contributed by atoms with E-state index in [0.717, 1.165) is 10.9 Å². The van der Waals surface area contributed by atoms with Crippen molar-refractivity contribution in [2.24, 2.45) is 5.41 Å². The Balaban J connectivity index is 1.92. The minimum atomic E-state index is -1.06. The van der Waals surface area contributed by atoms with Crippen LogP contribution in [0.15, 0.2) is 24.3 Å². The summed E-state index contributed by atoms with van der Waals surface area (Å²) in [5, 5.41) is 10.5. The third-order valence-electron chi connectivity index (χ3n) is 5.18. The molecule has 1 aromatic carbocycles. The summed E-state index contributed by atoms with van der Waals surface area (Å²) >= 11 is 0.